The zero-order chi connectivity index (χ0) is 18.4. The van der Waals surface area contributed by atoms with E-state index in [9.17, 15) is 4.39 Å². The number of rotatable bonds is 8. The molecule has 3 rings (SSSR count). The molecule has 1 fully saturated rings. The Morgan fingerprint density at radius 3 is 2.81 bits per heavy atom. The van der Waals surface area contributed by atoms with E-state index in [1.54, 1.807) is 13.2 Å². The third-order valence-electron chi connectivity index (χ3n) is 4.38. The number of hydrogen-bond acceptors (Lipinski definition) is 4. The van der Waals surface area contributed by atoms with Crippen molar-refractivity contribution in [3.05, 3.63) is 58.4 Å². The van der Waals surface area contributed by atoms with Crippen LogP contribution < -0.4 is 14.8 Å². The first-order valence-corrected chi connectivity index (χ1v) is 9.10. The molecule has 0 aromatic heterocycles. The highest BCUT2D eigenvalue weighted by molar-refractivity contribution is 6.31. The summed E-state index contributed by atoms with van der Waals surface area (Å²) in [5.41, 5.74) is 1.71. The number of nitrogens with one attached hydrogen (secondary N) is 1. The first-order valence-electron chi connectivity index (χ1n) is 8.72. The van der Waals surface area contributed by atoms with Crippen LogP contribution in [0.5, 0.6) is 11.5 Å². The molecule has 0 bridgehead atoms. The Bertz CT molecular complexity index is 739. The van der Waals surface area contributed by atoms with E-state index in [2.05, 4.69) is 5.32 Å². The lowest BCUT2D eigenvalue weighted by molar-refractivity contribution is 0.110. The van der Waals surface area contributed by atoms with Crippen molar-refractivity contribution in [3.63, 3.8) is 0 Å². The Balaban J connectivity index is 0.00000261. The van der Waals surface area contributed by atoms with Gasteiger partial charge in [-0.05, 0) is 31.0 Å². The van der Waals surface area contributed by atoms with Crippen molar-refractivity contribution >= 4 is 24.0 Å². The maximum absolute atomic E-state index is 13.2. The molecule has 1 unspecified atom stereocenters. The first-order chi connectivity index (χ1) is 12.7. The molecule has 0 radical (unpaired) electrons. The molecule has 7 heteroatoms. The summed E-state index contributed by atoms with van der Waals surface area (Å²) in [4.78, 5) is 0. The van der Waals surface area contributed by atoms with Crippen LogP contribution in [0.2, 0.25) is 5.02 Å². The topological polar surface area (TPSA) is 39.7 Å². The Hall–Kier alpha value is -1.53. The van der Waals surface area contributed by atoms with Gasteiger partial charge in [0.05, 0.1) is 18.2 Å². The van der Waals surface area contributed by atoms with Gasteiger partial charge in [-0.15, -0.1) is 12.4 Å². The SMILES string of the molecule is COc1cccc(CNCC2CCCO2)c1OCc1ccc(F)cc1Cl.Cl. The number of hydrogen-bond donors (Lipinski definition) is 1. The van der Waals surface area contributed by atoms with Crippen molar-refractivity contribution in [3.8, 4) is 11.5 Å². The second kappa shape index (κ2) is 10.7. The predicted molar refractivity (Wildman–Crippen MR) is 107 cm³/mol. The summed E-state index contributed by atoms with van der Waals surface area (Å²) in [6, 6.07) is 10.1. The molecule has 1 N–H and O–H groups in total. The zero-order valence-corrected chi connectivity index (χ0v) is 16.7. The van der Waals surface area contributed by atoms with Crippen LogP contribution in [0.25, 0.3) is 0 Å². The van der Waals surface area contributed by atoms with Gasteiger partial charge in [0.1, 0.15) is 12.4 Å². The van der Waals surface area contributed by atoms with E-state index in [1.165, 1.54) is 12.1 Å². The fourth-order valence-electron chi connectivity index (χ4n) is 2.99. The van der Waals surface area contributed by atoms with Crippen molar-refractivity contribution in [2.45, 2.75) is 32.1 Å². The zero-order valence-electron chi connectivity index (χ0n) is 15.2. The molecule has 1 atom stereocenters. The lowest BCUT2D eigenvalue weighted by Gasteiger charge is -2.17. The van der Waals surface area contributed by atoms with Crippen LogP contribution >= 0.6 is 24.0 Å². The molecule has 0 saturated carbocycles. The highest BCUT2D eigenvalue weighted by Crippen LogP contribution is 2.32. The lowest BCUT2D eigenvalue weighted by Crippen LogP contribution is -2.26. The quantitative estimate of drug-likeness (QED) is 0.674. The van der Waals surface area contributed by atoms with Crippen molar-refractivity contribution in [2.75, 3.05) is 20.3 Å². The van der Waals surface area contributed by atoms with E-state index in [4.69, 9.17) is 25.8 Å². The predicted octanol–water partition coefficient (Wildman–Crippen LogP) is 4.76. The van der Waals surface area contributed by atoms with E-state index in [-0.39, 0.29) is 30.9 Å². The summed E-state index contributed by atoms with van der Waals surface area (Å²) in [7, 11) is 1.61. The van der Waals surface area contributed by atoms with Crippen LogP contribution in [-0.4, -0.2) is 26.4 Å². The van der Waals surface area contributed by atoms with Gasteiger partial charge in [-0.2, -0.15) is 0 Å². The first kappa shape index (κ1) is 21.8. The standard InChI is InChI=1S/C20H23ClFNO3.ClH/c1-24-19-6-2-4-14(11-23-12-17-5-3-9-25-17)20(19)26-13-15-7-8-16(22)10-18(15)21;/h2,4,6-8,10,17,23H,3,5,9,11-13H2,1H3;1H. The van der Waals surface area contributed by atoms with Gasteiger partial charge in [0.2, 0.25) is 0 Å². The minimum atomic E-state index is -0.366. The summed E-state index contributed by atoms with van der Waals surface area (Å²) < 4.78 is 30.2. The highest BCUT2D eigenvalue weighted by Gasteiger charge is 2.16. The van der Waals surface area contributed by atoms with Crippen molar-refractivity contribution in [1.29, 1.82) is 0 Å². The van der Waals surface area contributed by atoms with Gasteiger partial charge in [0.25, 0.3) is 0 Å². The average Bonchev–Trinajstić information content (AvgIpc) is 3.15. The summed E-state index contributed by atoms with van der Waals surface area (Å²) in [5, 5.41) is 3.76. The fraction of sp³-hybridized carbons (Fsp3) is 0.400. The summed E-state index contributed by atoms with van der Waals surface area (Å²) in [5.74, 6) is 0.949. The van der Waals surface area contributed by atoms with E-state index >= 15 is 0 Å². The van der Waals surface area contributed by atoms with Crippen LogP contribution in [0.15, 0.2) is 36.4 Å². The van der Waals surface area contributed by atoms with Crippen molar-refractivity contribution < 1.29 is 18.6 Å². The van der Waals surface area contributed by atoms with Gasteiger partial charge in [-0.1, -0.05) is 29.8 Å². The van der Waals surface area contributed by atoms with Crippen LogP contribution in [0.4, 0.5) is 4.39 Å². The maximum atomic E-state index is 13.2. The lowest BCUT2D eigenvalue weighted by atomic mass is 10.1. The van der Waals surface area contributed by atoms with E-state index in [1.807, 2.05) is 18.2 Å². The number of methoxy groups -OCH3 is 1. The molecule has 1 heterocycles. The van der Waals surface area contributed by atoms with Gasteiger partial charge in [0.15, 0.2) is 11.5 Å². The molecule has 1 aliphatic rings. The number of ether oxygens (including phenoxy) is 3. The molecule has 27 heavy (non-hydrogen) atoms. The number of benzene rings is 2. The maximum Gasteiger partial charge on any atom is 0.166 e. The van der Waals surface area contributed by atoms with E-state index in [0.717, 1.165) is 37.1 Å². The minimum absolute atomic E-state index is 0. The monoisotopic (exact) mass is 415 g/mol. The minimum Gasteiger partial charge on any atom is -0.493 e. The summed E-state index contributed by atoms with van der Waals surface area (Å²) in [6.45, 7) is 2.53. The Kier molecular flexibility index (Phi) is 8.64. The molecule has 148 valence electrons. The fourth-order valence-corrected chi connectivity index (χ4v) is 3.21. The highest BCUT2D eigenvalue weighted by atomic mass is 35.5. The molecular formula is C20H24Cl2FNO3. The van der Waals surface area contributed by atoms with Gasteiger partial charge in [-0.3, -0.25) is 0 Å². The second-order valence-electron chi connectivity index (χ2n) is 6.24. The third-order valence-corrected chi connectivity index (χ3v) is 4.73. The third kappa shape index (κ3) is 5.98. The number of halogens is 3. The normalized spacial score (nSPS) is 16.0. The van der Waals surface area contributed by atoms with Crippen LogP contribution in [0.3, 0.4) is 0 Å². The van der Waals surface area contributed by atoms with Crippen LogP contribution in [-0.2, 0) is 17.9 Å². The molecule has 0 spiro atoms. The van der Waals surface area contributed by atoms with E-state index in [0.29, 0.717) is 23.1 Å². The molecule has 2 aromatic rings. The van der Waals surface area contributed by atoms with Crippen molar-refractivity contribution in [2.24, 2.45) is 0 Å². The molecule has 0 amide bonds. The second-order valence-corrected chi connectivity index (χ2v) is 6.65. The van der Waals surface area contributed by atoms with Crippen LogP contribution in [0.1, 0.15) is 24.0 Å². The molecule has 4 nitrogen and oxygen atoms in total. The molecule has 1 aliphatic heterocycles. The summed E-state index contributed by atoms with van der Waals surface area (Å²) in [6.07, 6.45) is 2.50. The van der Waals surface area contributed by atoms with Gasteiger partial charge in [0, 0.05) is 30.8 Å². The average molecular weight is 416 g/mol. The Labute approximate surface area is 170 Å². The molecule has 2 aromatic carbocycles. The van der Waals surface area contributed by atoms with Gasteiger partial charge in [-0.25, -0.2) is 4.39 Å². The molecular weight excluding hydrogens is 392 g/mol. The summed E-state index contributed by atoms with van der Waals surface area (Å²) >= 11 is 6.09. The molecule has 1 saturated heterocycles. The van der Waals surface area contributed by atoms with Crippen LogP contribution in [0, 0.1) is 5.82 Å². The smallest absolute Gasteiger partial charge is 0.166 e. The van der Waals surface area contributed by atoms with Gasteiger partial charge >= 0.3 is 0 Å². The number of para-hydroxylation sites is 1. The van der Waals surface area contributed by atoms with Gasteiger partial charge < -0.3 is 19.5 Å². The Morgan fingerprint density at radius 2 is 2.11 bits per heavy atom. The van der Waals surface area contributed by atoms with Crippen molar-refractivity contribution in [1.82, 2.24) is 5.32 Å². The van der Waals surface area contributed by atoms with E-state index < -0.39 is 0 Å². The largest absolute Gasteiger partial charge is 0.493 e. The Morgan fingerprint density at radius 1 is 1.26 bits per heavy atom. The molecule has 0 aliphatic carbocycles.